The largest absolute Gasteiger partial charge is 0.508 e. The molecule has 2 unspecified atom stereocenters. The lowest BCUT2D eigenvalue weighted by Crippen LogP contribution is -2.71. The molecular formula is C60H91N5O13. The second-order valence-electron chi connectivity index (χ2n) is 23.2. The molecule has 434 valence electrons. The van der Waals surface area contributed by atoms with Crippen molar-refractivity contribution in [2.45, 2.75) is 200 Å². The number of amides is 4. The molecule has 3 fully saturated rings. The van der Waals surface area contributed by atoms with Gasteiger partial charge in [0.1, 0.15) is 41.5 Å². The number of Topliss-reactive ketones (excluding diaryl/α,β-unsaturated/α-hetero) is 1. The van der Waals surface area contributed by atoms with Crippen molar-refractivity contribution < 1.29 is 63.8 Å². The summed E-state index contributed by atoms with van der Waals surface area (Å²) >= 11 is 0. The van der Waals surface area contributed by atoms with E-state index in [-0.39, 0.29) is 79.3 Å². The van der Waals surface area contributed by atoms with Crippen LogP contribution in [-0.4, -0.2) is 133 Å². The van der Waals surface area contributed by atoms with Crippen LogP contribution in [0.25, 0.3) is 0 Å². The van der Waals surface area contributed by atoms with Gasteiger partial charge in [0.25, 0.3) is 5.91 Å². The molecule has 18 nitrogen and oxygen atoms in total. The van der Waals surface area contributed by atoms with Gasteiger partial charge < -0.3 is 55.8 Å². The number of hydrogen-bond acceptors (Lipinski definition) is 14. The van der Waals surface area contributed by atoms with E-state index < -0.39 is 102 Å². The highest BCUT2D eigenvalue weighted by Crippen LogP contribution is 2.46. The molecule has 4 heterocycles. The Balaban J connectivity index is 1.35. The molecule has 17 atom stereocenters. The van der Waals surface area contributed by atoms with E-state index in [9.17, 15) is 54.3 Å². The van der Waals surface area contributed by atoms with Crippen molar-refractivity contribution >= 4 is 35.4 Å². The fourth-order valence-corrected chi connectivity index (χ4v) is 11.3. The fourth-order valence-electron chi connectivity index (χ4n) is 11.3. The van der Waals surface area contributed by atoms with Crippen molar-refractivity contribution in [2.75, 3.05) is 6.54 Å². The van der Waals surface area contributed by atoms with Crippen molar-refractivity contribution in [3.05, 3.63) is 77.9 Å². The molecule has 1 aromatic rings. The molecule has 1 spiro atoms. The SMILES string of the molecule is CC[C@H]1C[C@H](C)[C@@]2(NC1=O)O[C@@H](C[C@H](O)[C@@H](C)CC/C=C/C=C(\C)[C@@H]1C/C=C/C=C/[C@H](O)[C@H](C)[C@@H](O)[C@@H](CCC(C)=O)C(=O)NC(C(C)C)C(=O)N[C@@H](Cc3cccc(O)c3)C(=O)N3CCCC(N3)C(=O)O1)[C@H](C)[C@H](O)[C@@H]2C. The van der Waals surface area contributed by atoms with Gasteiger partial charge in [-0.2, -0.15) is 0 Å². The van der Waals surface area contributed by atoms with Gasteiger partial charge >= 0.3 is 5.97 Å². The van der Waals surface area contributed by atoms with E-state index >= 15 is 0 Å². The summed E-state index contributed by atoms with van der Waals surface area (Å²) in [6.45, 7) is 18.3. The summed E-state index contributed by atoms with van der Waals surface area (Å²) in [5, 5.41) is 66.1. The highest BCUT2D eigenvalue weighted by Gasteiger charge is 2.57. The quantitative estimate of drug-likeness (QED) is 0.0786. The first-order chi connectivity index (χ1) is 36.9. The van der Waals surface area contributed by atoms with E-state index in [0.717, 1.165) is 6.42 Å². The molecule has 3 saturated heterocycles. The summed E-state index contributed by atoms with van der Waals surface area (Å²) in [5.74, 6) is -6.33. The van der Waals surface area contributed by atoms with E-state index in [1.165, 1.54) is 30.1 Å². The summed E-state index contributed by atoms with van der Waals surface area (Å²) in [7, 11) is 0. The van der Waals surface area contributed by atoms with Crippen molar-refractivity contribution in [2.24, 2.45) is 47.3 Å². The average molecular weight is 1090 g/mol. The van der Waals surface area contributed by atoms with E-state index in [1.807, 2.05) is 52.8 Å². The molecule has 18 heteroatoms. The molecule has 0 aromatic heterocycles. The summed E-state index contributed by atoms with van der Waals surface area (Å²) in [6, 6.07) is 2.90. The molecule has 4 aliphatic heterocycles. The number of ether oxygens (including phenoxy) is 2. The molecule has 4 amide bonds. The first kappa shape index (κ1) is 63.6. The Morgan fingerprint density at radius 1 is 0.949 bits per heavy atom. The Morgan fingerprint density at radius 3 is 2.36 bits per heavy atom. The topological polar surface area (TPSA) is 273 Å². The second-order valence-corrected chi connectivity index (χ2v) is 23.2. The number of aliphatic hydroxyl groups is 4. The van der Waals surface area contributed by atoms with Crippen LogP contribution < -0.4 is 21.4 Å². The van der Waals surface area contributed by atoms with Crippen LogP contribution in [-0.2, 0) is 44.7 Å². The van der Waals surface area contributed by atoms with Crippen LogP contribution >= 0.6 is 0 Å². The predicted molar refractivity (Wildman–Crippen MR) is 295 cm³/mol. The summed E-state index contributed by atoms with van der Waals surface area (Å²) < 4.78 is 12.9. The molecule has 9 N–H and O–H groups in total. The van der Waals surface area contributed by atoms with Gasteiger partial charge in [-0.1, -0.05) is 110 Å². The summed E-state index contributed by atoms with van der Waals surface area (Å²) in [5.41, 5.74) is 3.27. The maximum Gasteiger partial charge on any atom is 0.325 e. The molecule has 4 aliphatic rings. The number of aliphatic hydroxyl groups excluding tert-OH is 4. The number of allylic oxidation sites excluding steroid dienone is 5. The van der Waals surface area contributed by atoms with Gasteiger partial charge in [0.2, 0.25) is 17.7 Å². The number of esters is 1. The number of carbonyl (C=O) groups excluding carboxylic acids is 6. The zero-order valence-electron chi connectivity index (χ0n) is 47.6. The Bertz CT molecular complexity index is 2340. The number of aromatic hydroxyl groups is 1. The molecule has 78 heavy (non-hydrogen) atoms. The van der Waals surface area contributed by atoms with Crippen LogP contribution in [0.3, 0.4) is 0 Å². The highest BCUT2D eigenvalue weighted by molar-refractivity contribution is 5.93. The number of phenols is 1. The van der Waals surface area contributed by atoms with E-state index in [4.69, 9.17) is 9.47 Å². The van der Waals surface area contributed by atoms with Gasteiger partial charge in [-0.3, -0.25) is 29.0 Å². The van der Waals surface area contributed by atoms with Gasteiger partial charge in [-0.15, -0.1) is 0 Å². The minimum absolute atomic E-state index is 0.0254. The van der Waals surface area contributed by atoms with Crippen molar-refractivity contribution in [1.29, 1.82) is 0 Å². The first-order valence-electron chi connectivity index (χ1n) is 28.4. The van der Waals surface area contributed by atoms with Gasteiger partial charge in [-0.05, 0) is 93.9 Å². The normalized spacial score (nSPS) is 34.9. The number of hydrazine groups is 1. The predicted octanol–water partition coefficient (Wildman–Crippen LogP) is 5.41. The number of nitrogens with one attached hydrogen (secondary N) is 4. The number of ketones is 1. The standard InChI is InChI=1S/C60H91N5O13/c1-11-43-30-37(6)60(63-55(43)72)41(10)53(70)40(9)51(78-60)33-49(69)35(4)20-14-12-15-21-36(5)50-26-17-13-16-25-48(68)39(8)54(71)45(28-27-38(7)66)56(73)62-52(34(2)3)57(74)61-47(32-42-22-18-23-44(67)31-42)58(75)65-29-19-24-46(64-65)59(76)77-50/h12-13,15-18,21-23,25,31,34-35,37,39-41,43,45-54,64,67-71H,11,14,19-20,24,26-30,32-33H2,1-10H3,(H,61,74)(H,62,73)(H,63,72)/b15-12+,17-13+,25-16+,36-21+/t35-,37-,39-,40-,41-,43-,45+,46?,47-,48-,49-,50-,51-,52?,53-,54+,60+/m0/s1. The monoisotopic (exact) mass is 1090 g/mol. The summed E-state index contributed by atoms with van der Waals surface area (Å²) in [6.07, 6.45) is 10.6. The lowest BCUT2D eigenvalue weighted by atomic mass is 9.69. The van der Waals surface area contributed by atoms with Gasteiger partial charge in [0, 0.05) is 61.8 Å². The van der Waals surface area contributed by atoms with Gasteiger partial charge in [0.15, 0.2) is 0 Å². The van der Waals surface area contributed by atoms with Crippen molar-refractivity contribution in [1.82, 2.24) is 26.4 Å². The van der Waals surface area contributed by atoms with Crippen molar-refractivity contribution in [3.8, 4) is 5.75 Å². The number of rotatable bonds is 15. The molecule has 2 bridgehead atoms. The number of cyclic esters (lactones) is 1. The zero-order chi connectivity index (χ0) is 57.6. The van der Waals surface area contributed by atoms with Crippen LogP contribution in [0.15, 0.2) is 72.4 Å². The second kappa shape index (κ2) is 29.3. The van der Waals surface area contributed by atoms with E-state index in [1.54, 1.807) is 51.1 Å². The maximum atomic E-state index is 14.5. The first-order valence-corrected chi connectivity index (χ1v) is 28.4. The molecule has 0 aliphatic carbocycles. The van der Waals surface area contributed by atoms with Crippen LogP contribution in [0.4, 0.5) is 0 Å². The third-order valence-electron chi connectivity index (χ3n) is 16.9. The van der Waals surface area contributed by atoms with E-state index in [0.29, 0.717) is 49.7 Å². The molecular weight excluding hydrogens is 999 g/mol. The number of phenolic OH excluding ortho intramolecular Hbond substituents is 1. The Hall–Kier alpha value is -5.24. The molecule has 0 radical (unpaired) electrons. The van der Waals surface area contributed by atoms with Crippen LogP contribution in [0.1, 0.15) is 139 Å². The zero-order valence-corrected chi connectivity index (χ0v) is 47.6. The van der Waals surface area contributed by atoms with Crippen molar-refractivity contribution in [3.63, 3.8) is 0 Å². The lowest BCUT2D eigenvalue weighted by Gasteiger charge is -2.56. The highest BCUT2D eigenvalue weighted by atomic mass is 16.5. The lowest BCUT2D eigenvalue weighted by molar-refractivity contribution is -0.267. The fraction of sp³-hybridized carbons (Fsp3) is 0.667. The Morgan fingerprint density at radius 2 is 1.68 bits per heavy atom. The maximum absolute atomic E-state index is 14.5. The van der Waals surface area contributed by atoms with E-state index in [2.05, 4.69) is 28.3 Å². The third-order valence-corrected chi connectivity index (χ3v) is 16.9. The van der Waals surface area contributed by atoms with Crippen LogP contribution in [0, 0.1) is 47.3 Å². The van der Waals surface area contributed by atoms with Crippen LogP contribution in [0.2, 0.25) is 0 Å². The molecule has 0 saturated carbocycles. The minimum Gasteiger partial charge on any atom is -0.508 e. The number of piperidine rings is 1. The number of benzene rings is 1. The van der Waals surface area contributed by atoms with Gasteiger partial charge in [-0.25, -0.2) is 5.43 Å². The number of nitrogens with zero attached hydrogens (tertiary/aromatic N) is 1. The minimum atomic E-state index is -1.43. The average Bonchev–Trinajstić information content (AvgIpc) is 3.51. The summed E-state index contributed by atoms with van der Waals surface area (Å²) in [4.78, 5) is 82.2. The number of fused-ring (bicyclic) bond motifs is 2. The molecule has 5 rings (SSSR count). The number of hydrogen-bond donors (Lipinski definition) is 9. The van der Waals surface area contributed by atoms with Gasteiger partial charge in [0.05, 0.1) is 36.4 Å². The number of carbonyl (C=O) groups is 6. The van der Waals surface area contributed by atoms with Crippen LogP contribution in [0.5, 0.6) is 5.75 Å². The Labute approximate surface area is 461 Å². The smallest absolute Gasteiger partial charge is 0.325 e. The molecule has 1 aromatic carbocycles. The third kappa shape index (κ3) is 16.7. The Kier molecular flexibility index (Phi) is 23.9.